The molecule has 0 rings (SSSR count). The van der Waals surface area contributed by atoms with Crippen LogP contribution in [0.4, 0.5) is 0 Å². The number of carbonyl (C=O) groups is 1. The fraction of sp³-hybridized carbons (Fsp3) is 0.875. The van der Waals surface area contributed by atoms with E-state index in [1.807, 2.05) is 6.92 Å². The van der Waals surface area contributed by atoms with E-state index in [0.29, 0.717) is 18.2 Å². The van der Waals surface area contributed by atoms with Gasteiger partial charge < -0.3 is 11.1 Å². The molecule has 1 unspecified atom stereocenters. The highest BCUT2D eigenvalue weighted by atomic mass is 16.1. The van der Waals surface area contributed by atoms with Gasteiger partial charge in [-0.15, -0.1) is 0 Å². The van der Waals surface area contributed by atoms with Crippen LogP contribution in [0, 0.1) is 11.8 Å². The highest BCUT2D eigenvalue weighted by Crippen LogP contribution is 2.15. The summed E-state index contributed by atoms with van der Waals surface area (Å²) in [6.07, 6.45) is 4.64. The zero-order chi connectivity index (χ0) is 16.0. The van der Waals surface area contributed by atoms with Crippen molar-refractivity contribution in [2.45, 2.75) is 66.7 Å². The second-order valence-corrected chi connectivity index (χ2v) is 5.72. The second kappa shape index (κ2) is 14.4. The number of carbonyl (C=O) groups excluding carboxylic acids is 1. The van der Waals surface area contributed by atoms with E-state index >= 15 is 0 Å². The fourth-order valence-corrected chi connectivity index (χ4v) is 1.75. The van der Waals surface area contributed by atoms with Crippen LogP contribution in [0.2, 0.25) is 0 Å². The summed E-state index contributed by atoms with van der Waals surface area (Å²) in [6, 6.07) is 0. The maximum atomic E-state index is 11.6. The summed E-state index contributed by atoms with van der Waals surface area (Å²) in [4.78, 5) is 15.4. The maximum Gasteiger partial charge on any atom is 0.188 e. The van der Waals surface area contributed by atoms with Crippen molar-refractivity contribution in [3.05, 3.63) is 0 Å². The van der Waals surface area contributed by atoms with Gasteiger partial charge in [0.15, 0.2) is 5.96 Å². The first-order valence-electron chi connectivity index (χ1n) is 7.87. The van der Waals surface area contributed by atoms with E-state index in [2.05, 4.69) is 38.0 Å². The largest absolute Gasteiger partial charge is 0.370 e. The van der Waals surface area contributed by atoms with Crippen LogP contribution in [0.3, 0.4) is 0 Å². The fourth-order valence-electron chi connectivity index (χ4n) is 1.75. The Hall–Kier alpha value is -1.06. The number of nitrogens with one attached hydrogen (secondary N) is 1. The Bertz CT molecular complexity index is 260. The van der Waals surface area contributed by atoms with E-state index in [9.17, 15) is 4.79 Å². The van der Waals surface area contributed by atoms with Crippen molar-refractivity contribution < 1.29 is 4.79 Å². The Labute approximate surface area is 125 Å². The van der Waals surface area contributed by atoms with Crippen LogP contribution in [0.25, 0.3) is 0 Å². The van der Waals surface area contributed by atoms with Crippen molar-refractivity contribution in [3.8, 4) is 0 Å². The van der Waals surface area contributed by atoms with E-state index in [0.717, 1.165) is 38.1 Å². The molecule has 0 aromatic heterocycles. The van der Waals surface area contributed by atoms with Crippen LogP contribution in [0.15, 0.2) is 4.99 Å². The average Bonchev–Trinajstić information content (AvgIpc) is 2.40. The lowest BCUT2D eigenvalue weighted by molar-refractivity contribution is -0.123. The molecule has 3 N–H and O–H groups in total. The summed E-state index contributed by atoms with van der Waals surface area (Å²) in [6.45, 7) is 11.3. The molecule has 4 nitrogen and oxygen atoms in total. The molecule has 0 aliphatic carbocycles. The molecule has 0 radical (unpaired) electrons. The number of rotatable bonds is 8. The standard InChI is InChI=1S/C12H25N3O.C4H10/c1-4-7-10(11(16)5-2)8-6-9-15-12(13)14-3;1-4(2)3/h10H,4-9H2,1-3H3,(H3,13,14,15);4H,1-3H3. The van der Waals surface area contributed by atoms with E-state index in [4.69, 9.17) is 5.73 Å². The Morgan fingerprint density at radius 1 is 1.20 bits per heavy atom. The first kappa shape index (κ1) is 21.2. The lowest BCUT2D eigenvalue weighted by atomic mass is 9.92. The molecule has 0 amide bonds. The lowest BCUT2D eigenvalue weighted by Crippen LogP contribution is -2.32. The van der Waals surface area contributed by atoms with Crippen molar-refractivity contribution in [2.75, 3.05) is 13.6 Å². The van der Waals surface area contributed by atoms with Crippen LogP contribution >= 0.6 is 0 Å². The Kier molecular flexibility index (Phi) is 15.2. The third kappa shape index (κ3) is 15.0. The van der Waals surface area contributed by atoms with Crippen LogP contribution in [-0.2, 0) is 4.79 Å². The number of aliphatic imine (C=N–C) groups is 1. The second-order valence-electron chi connectivity index (χ2n) is 5.72. The molecule has 0 saturated heterocycles. The van der Waals surface area contributed by atoms with Gasteiger partial charge >= 0.3 is 0 Å². The summed E-state index contributed by atoms with van der Waals surface area (Å²) in [7, 11) is 1.66. The molecule has 20 heavy (non-hydrogen) atoms. The Morgan fingerprint density at radius 2 is 1.75 bits per heavy atom. The molecule has 0 aromatic carbocycles. The van der Waals surface area contributed by atoms with E-state index in [1.54, 1.807) is 7.05 Å². The van der Waals surface area contributed by atoms with Crippen molar-refractivity contribution in [1.82, 2.24) is 5.32 Å². The highest BCUT2D eigenvalue weighted by Gasteiger charge is 2.14. The molecule has 0 fully saturated rings. The summed E-state index contributed by atoms with van der Waals surface area (Å²) >= 11 is 0. The van der Waals surface area contributed by atoms with Crippen molar-refractivity contribution in [1.29, 1.82) is 0 Å². The normalized spacial score (nSPS) is 12.7. The molecule has 0 aliphatic rings. The van der Waals surface area contributed by atoms with Gasteiger partial charge in [-0.2, -0.15) is 0 Å². The summed E-state index contributed by atoms with van der Waals surface area (Å²) < 4.78 is 0. The number of guanidine groups is 1. The van der Waals surface area contributed by atoms with Gasteiger partial charge in [-0.3, -0.25) is 9.79 Å². The quantitative estimate of drug-likeness (QED) is 0.408. The smallest absolute Gasteiger partial charge is 0.188 e. The number of hydrogen-bond donors (Lipinski definition) is 2. The van der Waals surface area contributed by atoms with Crippen molar-refractivity contribution in [3.63, 3.8) is 0 Å². The van der Waals surface area contributed by atoms with Crippen LogP contribution in [0.5, 0.6) is 0 Å². The van der Waals surface area contributed by atoms with E-state index in [-0.39, 0.29) is 5.92 Å². The maximum absolute atomic E-state index is 11.6. The number of Topliss-reactive ketones (excluding diaryl/α,β-unsaturated/α-hetero) is 1. The van der Waals surface area contributed by atoms with Gasteiger partial charge in [-0.1, -0.05) is 41.0 Å². The molecule has 0 aromatic rings. The molecule has 120 valence electrons. The molecule has 4 heteroatoms. The van der Waals surface area contributed by atoms with Gasteiger partial charge in [0, 0.05) is 25.9 Å². The van der Waals surface area contributed by atoms with E-state index < -0.39 is 0 Å². The summed E-state index contributed by atoms with van der Waals surface area (Å²) in [5.41, 5.74) is 5.51. The molecule has 0 spiro atoms. The molecular weight excluding hydrogens is 250 g/mol. The van der Waals surface area contributed by atoms with Crippen LogP contribution in [0.1, 0.15) is 66.7 Å². The van der Waals surface area contributed by atoms with Crippen LogP contribution in [-0.4, -0.2) is 25.3 Å². The predicted octanol–water partition coefficient (Wildman–Crippen LogP) is 3.36. The summed E-state index contributed by atoms with van der Waals surface area (Å²) in [5, 5.41) is 3.00. The Balaban J connectivity index is 0. The first-order chi connectivity index (χ1) is 9.38. The SMILES string of the molecule is CC(C)C.CCCC(CCCNC(N)=NC)C(=O)CC. The minimum Gasteiger partial charge on any atom is -0.370 e. The number of nitrogens with two attached hydrogens (primary N) is 1. The zero-order valence-corrected chi connectivity index (χ0v) is 14.3. The lowest BCUT2D eigenvalue weighted by Gasteiger charge is -2.14. The van der Waals surface area contributed by atoms with Gasteiger partial charge in [-0.25, -0.2) is 0 Å². The van der Waals surface area contributed by atoms with Gasteiger partial charge in [0.2, 0.25) is 0 Å². The zero-order valence-electron chi connectivity index (χ0n) is 14.3. The molecule has 1 atom stereocenters. The highest BCUT2D eigenvalue weighted by molar-refractivity contribution is 5.80. The summed E-state index contributed by atoms with van der Waals surface area (Å²) in [5.74, 6) is 1.92. The van der Waals surface area contributed by atoms with Gasteiger partial charge in [0.05, 0.1) is 0 Å². The third-order valence-corrected chi connectivity index (χ3v) is 2.72. The monoisotopic (exact) mass is 285 g/mol. The van der Waals surface area contributed by atoms with E-state index in [1.165, 1.54) is 0 Å². The van der Waals surface area contributed by atoms with Crippen LogP contribution < -0.4 is 11.1 Å². The number of ketones is 1. The average molecular weight is 285 g/mol. The van der Waals surface area contributed by atoms with Crippen molar-refractivity contribution >= 4 is 11.7 Å². The minimum atomic E-state index is 0.233. The predicted molar refractivity (Wildman–Crippen MR) is 89.0 cm³/mol. The number of nitrogens with zero attached hydrogens (tertiary/aromatic N) is 1. The molecular formula is C16H35N3O. The molecule has 0 bridgehead atoms. The molecule has 0 heterocycles. The van der Waals surface area contributed by atoms with Crippen molar-refractivity contribution in [2.24, 2.45) is 22.6 Å². The Morgan fingerprint density at radius 3 is 2.15 bits per heavy atom. The number of hydrogen-bond acceptors (Lipinski definition) is 2. The molecule has 0 saturated carbocycles. The minimum absolute atomic E-state index is 0.233. The topological polar surface area (TPSA) is 67.5 Å². The third-order valence-electron chi connectivity index (χ3n) is 2.72. The van der Waals surface area contributed by atoms with Gasteiger partial charge in [0.1, 0.15) is 5.78 Å². The van der Waals surface area contributed by atoms with Gasteiger partial charge in [0.25, 0.3) is 0 Å². The van der Waals surface area contributed by atoms with Gasteiger partial charge in [-0.05, 0) is 25.2 Å². The molecule has 0 aliphatic heterocycles. The first-order valence-corrected chi connectivity index (χ1v) is 7.87.